The van der Waals surface area contributed by atoms with Crippen molar-refractivity contribution in [2.24, 2.45) is 0 Å². The molecule has 0 unspecified atom stereocenters. The molecule has 1 nitrogen and oxygen atoms in total. The third-order valence-electron chi connectivity index (χ3n) is 0. The summed E-state index contributed by atoms with van der Waals surface area (Å²) in [6.45, 7) is 0. The third-order valence-corrected chi connectivity index (χ3v) is 0. The molecule has 4 heteroatoms. The van der Waals surface area contributed by atoms with Gasteiger partial charge >= 0.3 is 0 Å². The third kappa shape index (κ3) is 8.88. The van der Waals surface area contributed by atoms with E-state index in [1.54, 1.807) is 0 Å². The van der Waals surface area contributed by atoms with Crippen molar-refractivity contribution in [3.05, 3.63) is 0 Å². The van der Waals surface area contributed by atoms with Crippen molar-refractivity contribution < 1.29 is 25.9 Å². The average Bonchev–Trinajstić information content (AvgIpc) is 1.00. The molecule has 0 spiro atoms. The molecule has 0 saturated heterocycles. The molecule has 4 heavy (non-hydrogen) atoms. The van der Waals surface area contributed by atoms with Gasteiger partial charge in [0.1, 0.15) is 0 Å². The van der Waals surface area contributed by atoms with Gasteiger partial charge in [-0.05, 0) is 0 Å². The Hall–Kier alpha value is 2.21. The van der Waals surface area contributed by atoms with Gasteiger partial charge in [0.25, 0.3) is 0 Å². The van der Waals surface area contributed by atoms with Crippen LogP contribution in [0.4, 0.5) is 0 Å². The van der Waals surface area contributed by atoms with Crippen LogP contribution in [-0.4, -0.2) is 49.7 Å². The van der Waals surface area contributed by atoms with E-state index in [-0.39, 0.29) is 67.2 Å². The topological polar surface area (TPSA) is 17.1 Å². The summed E-state index contributed by atoms with van der Waals surface area (Å²) in [7, 11) is 0. The summed E-state index contributed by atoms with van der Waals surface area (Å²) in [5.41, 5.74) is 0. The fourth-order valence-electron chi connectivity index (χ4n) is 0. The van der Waals surface area contributed by atoms with Gasteiger partial charge in [0.05, 0.1) is 0 Å². The molecule has 2 radical (unpaired) electrons. The van der Waals surface area contributed by atoms with E-state index in [4.69, 9.17) is 4.21 Å². The zero-order valence-corrected chi connectivity index (χ0v) is 7.88. The molecule has 0 aromatic heterocycles. The standard InChI is InChI=1S/OS.Sr.Ti/c1-2;;. The largest absolute Gasteiger partial charge is 0.197 e. The van der Waals surface area contributed by atoms with Crippen molar-refractivity contribution in [3.8, 4) is 0 Å². The van der Waals surface area contributed by atoms with E-state index in [1.807, 2.05) is 0 Å². The maximum Gasteiger partial charge on any atom is 0.197 e. The Balaban J connectivity index is -0.00000000500. The zero-order valence-electron chi connectivity index (χ0n) is 2.02. The molecule has 18 valence electrons. The number of hydrogen-bond donors (Lipinski definition) is 0. The summed E-state index contributed by atoms with van der Waals surface area (Å²) >= 11 is 2.83. The summed E-state index contributed by atoms with van der Waals surface area (Å²) in [6, 6.07) is 0. The molecule has 0 aliphatic heterocycles. The van der Waals surface area contributed by atoms with Crippen LogP contribution < -0.4 is 0 Å². The first-order chi connectivity index (χ1) is 1.00. The van der Waals surface area contributed by atoms with Crippen LogP contribution in [0.2, 0.25) is 0 Å². The quantitative estimate of drug-likeness (QED) is 0.461. The summed E-state index contributed by atoms with van der Waals surface area (Å²) < 4.78 is 7.83. The molecule has 0 rings (SSSR count). The van der Waals surface area contributed by atoms with Gasteiger partial charge in [-0.1, -0.05) is 0 Å². The molecule has 0 aromatic rings. The first-order valence-corrected chi connectivity index (χ1v) is 0.500. The SMILES string of the molecule is O=S.[Sr].[Ti]. The Bertz CT molecular complexity index is 8.00. The molecule has 0 atom stereocenters. The minimum atomic E-state index is 0. The smallest absolute Gasteiger partial charge is 0.197 e. The summed E-state index contributed by atoms with van der Waals surface area (Å²) in [5.74, 6) is 0. The monoisotopic (exact) mass is 184 g/mol. The average molecular weight is 184 g/mol. The van der Waals surface area contributed by atoms with Crippen LogP contribution in [0.15, 0.2) is 0 Å². The van der Waals surface area contributed by atoms with Crippen molar-refractivity contribution in [1.82, 2.24) is 0 Å². The molecule has 0 aromatic carbocycles. The normalized spacial score (nSPS) is 1.00. The van der Waals surface area contributed by atoms with Gasteiger partial charge in [0, 0.05) is 67.2 Å². The van der Waals surface area contributed by atoms with E-state index in [1.165, 1.54) is 0 Å². The molecule has 0 saturated carbocycles. The summed E-state index contributed by atoms with van der Waals surface area (Å²) in [5, 5.41) is 0. The van der Waals surface area contributed by atoms with Crippen LogP contribution in [0, 0.1) is 0 Å². The maximum atomic E-state index is 7.83. The minimum absolute atomic E-state index is 0. The predicted molar refractivity (Wildman–Crippen MR) is 13.9 cm³/mol. The molecule has 0 heterocycles. The Labute approximate surface area is 82.2 Å². The Morgan fingerprint density at radius 3 is 1.25 bits per heavy atom. The second kappa shape index (κ2) is 18.9. The van der Waals surface area contributed by atoms with E-state index in [9.17, 15) is 0 Å². The Morgan fingerprint density at radius 1 is 1.25 bits per heavy atom. The number of rotatable bonds is 0. The molecular weight excluding hydrogens is 184 g/mol. The molecule has 0 N–H and O–H groups in total. The van der Waals surface area contributed by atoms with Gasteiger partial charge in [-0.2, -0.15) is 4.21 Å². The van der Waals surface area contributed by atoms with Gasteiger partial charge in [-0.3, -0.25) is 0 Å². The Kier molecular flexibility index (Phi) is 77.2. The van der Waals surface area contributed by atoms with Crippen LogP contribution in [0.3, 0.4) is 0 Å². The fourth-order valence-corrected chi connectivity index (χ4v) is 0. The summed E-state index contributed by atoms with van der Waals surface area (Å²) in [4.78, 5) is 0. The fraction of sp³-hybridized carbons (Fsp3) is 0. The zero-order chi connectivity index (χ0) is 2.00. The van der Waals surface area contributed by atoms with Crippen molar-refractivity contribution >= 4 is 58.0 Å². The van der Waals surface area contributed by atoms with E-state index in [0.29, 0.717) is 0 Å². The molecule has 0 fully saturated rings. The second-order valence-corrected chi connectivity index (χ2v) is 0. The maximum absolute atomic E-state index is 7.83. The van der Waals surface area contributed by atoms with Crippen LogP contribution in [-0.2, 0) is 34.3 Å². The first-order valence-electron chi connectivity index (χ1n) is 0.167. The minimum Gasteiger partial charge on any atom is -0.197 e. The molecule has 0 amide bonds. The van der Waals surface area contributed by atoms with Gasteiger partial charge in [0.15, 0.2) is 12.5 Å². The van der Waals surface area contributed by atoms with Gasteiger partial charge in [-0.15, -0.1) is 0 Å². The van der Waals surface area contributed by atoms with Crippen molar-refractivity contribution in [2.75, 3.05) is 0 Å². The molecular formula is OSSrTi. The predicted octanol–water partition coefficient (Wildman–Crippen LogP) is -0.720. The van der Waals surface area contributed by atoms with E-state index in [2.05, 4.69) is 12.5 Å². The van der Waals surface area contributed by atoms with Gasteiger partial charge in [0.2, 0.25) is 0 Å². The van der Waals surface area contributed by atoms with Crippen LogP contribution >= 0.6 is 0 Å². The van der Waals surface area contributed by atoms with Crippen molar-refractivity contribution in [3.63, 3.8) is 0 Å². The Morgan fingerprint density at radius 2 is 1.25 bits per heavy atom. The number of hydrogen-bond acceptors (Lipinski definition) is 2. The second-order valence-electron chi connectivity index (χ2n) is 0. The van der Waals surface area contributed by atoms with Crippen LogP contribution in [0.1, 0.15) is 0 Å². The molecule has 0 aliphatic rings. The first kappa shape index (κ1) is 16.4. The van der Waals surface area contributed by atoms with Crippen LogP contribution in [0.5, 0.6) is 0 Å². The van der Waals surface area contributed by atoms with Gasteiger partial charge < -0.3 is 0 Å². The van der Waals surface area contributed by atoms with E-state index in [0.717, 1.165) is 0 Å². The van der Waals surface area contributed by atoms with Crippen LogP contribution in [0.25, 0.3) is 0 Å². The van der Waals surface area contributed by atoms with Crippen molar-refractivity contribution in [2.45, 2.75) is 0 Å². The molecule has 0 aliphatic carbocycles. The summed E-state index contributed by atoms with van der Waals surface area (Å²) in [6.07, 6.45) is 0. The van der Waals surface area contributed by atoms with Crippen molar-refractivity contribution in [1.29, 1.82) is 0 Å². The van der Waals surface area contributed by atoms with E-state index >= 15 is 0 Å². The molecule has 0 bridgehead atoms. The van der Waals surface area contributed by atoms with Gasteiger partial charge in [-0.25, -0.2) is 0 Å². The van der Waals surface area contributed by atoms with E-state index < -0.39 is 0 Å².